The lowest BCUT2D eigenvalue weighted by Gasteiger charge is -2.12. The van der Waals surface area contributed by atoms with Gasteiger partial charge in [-0.15, -0.1) is 0 Å². The summed E-state index contributed by atoms with van der Waals surface area (Å²) >= 11 is 0. The van der Waals surface area contributed by atoms with E-state index in [1.54, 1.807) is 0 Å². The van der Waals surface area contributed by atoms with E-state index in [0.717, 1.165) is 6.42 Å². The van der Waals surface area contributed by atoms with Crippen LogP contribution in [-0.2, 0) is 4.79 Å². The number of aliphatic hydroxyl groups is 1. The molecule has 0 aliphatic rings. The molecule has 0 saturated carbocycles. The minimum atomic E-state index is -0.450. The van der Waals surface area contributed by atoms with Gasteiger partial charge in [-0.1, -0.05) is 20.8 Å². The summed E-state index contributed by atoms with van der Waals surface area (Å²) in [7, 11) is 0. The first-order valence-corrected chi connectivity index (χ1v) is 4.27. The molecule has 0 saturated heterocycles. The van der Waals surface area contributed by atoms with Crippen molar-refractivity contribution in [2.24, 2.45) is 5.92 Å². The van der Waals surface area contributed by atoms with Crippen LogP contribution in [0.1, 0.15) is 40.0 Å². The molecular weight excluding hydrogens is 140 g/mol. The largest absolute Gasteiger partial charge is 0.392 e. The van der Waals surface area contributed by atoms with Crippen LogP contribution >= 0.6 is 0 Å². The predicted molar refractivity (Wildman–Crippen MR) is 45.4 cm³/mol. The molecule has 2 nitrogen and oxygen atoms in total. The number of Topliss-reactive ketones (excluding diaryl/α,β-unsaturated/α-hetero) is 1. The first-order valence-electron chi connectivity index (χ1n) is 4.27. The molecule has 0 radical (unpaired) electrons. The third-order valence-corrected chi connectivity index (χ3v) is 1.74. The Bertz CT molecular complexity index is 119. The normalized spacial score (nSPS) is 13.5. The second-order valence-corrected chi connectivity index (χ2v) is 3.30. The van der Waals surface area contributed by atoms with Crippen LogP contribution in [0.5, 0.6) is 0 Å². The molecule has 0 heterocycles. The van der Waals surface area contributed by atoms with Gasteiger partial charge in [0.2, 0.25) is 0 Å². The molecule has 0 aromatic rings. The number of hydrogen-bond donors (Lipinski definition) is 1. The van der Waals surface area contributed by atoms with E-state index >= 15 is 0 Å². The fourth-order valence-electron chi connectivity index (χ4n) is 0.850. The number of hydrogen-bond acceptors (Lipinski definition) is 2. The Morgan fingerprint density at radius 1 is 1.45 bits per heavy atom. The summed E-state index contributed by atoms with van der Waals surface area (Å²) in [6, 6.07) is 0. The fraction of sp³-hybridized carbons (Fsp3) is 0.889. The molecule has 0 unspecified atom stereocenters. The molecule has 0 aromatic heterocycles. The summed E-state index contributed by atoms with van der Waals surface area (Å²) in [6.45, 7) is 5.81. The summed E-state index contributed by atoms with van der Waals surface area (Å²) in [5, 5.41) is 9.30. The van der Waals surface area contributed by atoms with E-state index in [-0.39, 0.29) is 11.7 Å². The first-order chi connectivity index (χ1) is 5.07. The van der Waals surface area contributed by atoms with E-state index in [0.29, 0.717) is 12.8 Å². The van der Waals surface area contributed by atoms with E-state index in [4.69, 9.17) is 0 Å². The van der Waals surface area contributed by atoms with Crippen LogP contribution < -0.4 is 0 Å². The molecule has 1 N–H and O–H groups in total. The molecular formula is C9H18O2. The van der Waals surface area contributed by atoms with Crippen LogP contribution in [-0.4, -0.2) is 17.0 Å². The molecule has 0 spiro atoms. The number of ketones is 1. The molecule has 0 amide bonds. The van der Waals surface area contributed by atoms with Crippen molar-refractivity contribution in [1.29, 1.82) is 0 Å². The van der Waals surface area contributed by atoms with Crippen LogP contribution in [0.2, 0.25) is 0 Å². The van der Waals surface area contributed by atoms with Crippen molar-refractivity contribution >= 4 is 5.78 Å². The highest BCUT2D eigenvalue weighted by molar-refractivity contribution is 5.78. The van der Waals surface area contributed by atoms with Gasteiger partial charge in [0.15, 0.2) is 0 Å². The highest BCUT2D eigenvalue weighted by Crippen LogP contribution is 2.07. The molecule has 0 aliphatic heterocycles. The van der Waals surface area contributed by atoms with E-state index < -0.39 is 6.10 Å². The summed E-state index contributed by atoms with van der Waals surface area (Å²) in [4.78, 5) is 11.0. The molecule has 0 aromatic carbocycles. The smallest absolute Gasteiger partial charge is 0.135 e. The van der Waals surface area contributed by atoms with Crippen LogP contribution in [0.4, 0.5) is 0 Å². The van der Waals surface area contributed by atoms with Gasteiger partial charge >= 0.3 is 0 Å². The molecule has 66 valence electrons. The van der Waals surface area contributed by atoms with Crippen molar-refractivity contribution in [3.63, 3.8) is 0 Å². The van der Waals surface area contributed by atoms with Crippen molar-refractivity contribution in [2.75, 3.05) is 0 Å². The van der Waals surface area contributed by atoms with Gasteiger partial charge in [-0.2, -0.15) is 0 Å². The van der Waals surface area contributed by atoms with Crippen molar-refractivity contribution in [3.05, 3.63) is 0 Å². The second-order valence-electron chi connectivity index (χ2n) is 3.30. The lowest BCUT2D eigenvalue weighted by molar-refractivity contribution is -0.121. The Morgan fingerprint density at radius 3 is 2.36 bits per heavy atom. The maximum Gasteiger partial charge on any atom is 0.135 e. The van der Waals surface area contributed by atoms with Crippen LogP contribution in [0, 0.1) is 5.92 Å². The number of carbonyl (C=O) groups excluding carboxylic acids is 1. The molecule has 0 aliphatic carbocycles. The SMILES string of the molecule is CCCC(=O)C[C@H](O)C(C)C. The lowest BCUT2D eigenvalue weighted by atomic mass is 10.0. The van der Waals surface area contributed by atoms with Gasteiger partial charge in [-0.05, 0) is 12.3 Å². The van der Waals surface area contributed by atoms with Crippen molar-refractivity contribution in [1.82, 2.24) is 0 Å². The third kappa shape index (κ3) is 4.96. The zero-order chi connectivity index (χ0) is 8.85. The molecule has 2 heteroatoms. The van der Waals surface area contributed by atoms with Crippen molar-refractivity contribution < 1.29 is 9.90 Å². The Balaban J connectivity index is 3.57. The molecule has 0 fully saturated rings. The summed E-state index contributed by atoms with van der Waals surface area (Å²) in [5.41, 5.74) is 0. The van der Waals surface area contributed by atoms with Crippen molar-refractivity contribution in [3.8, 4) is 0 Å². The van der Waals surface area contributed by atoms with E-state index in [1.165, 1.54) is 0 Å². The Hall–Kier alpha value is -0.370. The van der Waals surface area contributed by atoms with Crippen LogP contribution in [0.15, 0.2) is 0 Å². The van der Waals surface area contributed by atoms with Gasteiger partial charge in [0, 0.05) is 12.8 Å². The molecule has 11 heavy (non-hydrogen) atoms. The quantitative estimate of drug-likeness (QED) is 0.662. The summed E-state index contributed by atoms with van der Waals surface area (Å²) < 4.78 is 0. The van der Waals surface area contributed by atoms with Gasteiger partial charge in [0.05, 0.1) is 6.10 Å². The van der Waals surface area contributed by atoms with E-state index in [2.05, 4.69) is 0 Å². The number of aliphatic hydroxyl groups excluding tert-OH is 1. The summed E-state index contributed by atoms with van der Waals surface area (Å²) in [6.07, 6.45) is 1.35. The highest BCUT2D eigenvalue weighted by atomic mass is 16.3. The Labute approximate surface area is 68.6 Å². The maximum absolute atomic E-state index is 11.0. The Kier molecular flexibility index (Phi) is 5.12. The summed E-state index contributed by atoms with van der Waals surface area (Å²) in [5.74, 6) is 0.365. The molecule has 1 atom stereocenters. The minimum absolute atomic E-state index is 0.175. The zero-order valence-corrected chi connectivity index (χ0v) is 7.63. The van der Waals surface area contributed by atoms with Gasteiger partial charge in [0.1, 0.15) is 5.78 Å². The van der Waals surface area contributed by atoms with E-state index in [1.807, 2.05) is 20.8 Å². The first kappa shape index (κ1) is 10.6. The molecule has 0 bridgehead atoms. The van der Waals surface area contributed by atoms with Crippen LogP contribution in [0.3, 0.4) is 0 Å². The van der Waals surface area contributed by atoms with Crippen LogP contribution in [0.25, 0.3) is 0 Å². The average Bonchev–Trinajstić information content (AvgIpc) is 1.87. The standard InChI is InChI=1S/C9H18O2/c1-4-5-8(10)6-9(11)7(2)3/h7,9,11H,4-6H2,1-3H3/t9-/m0/s1. The van der Waals surface area contributed by atoms with Gasteiger partial charge in [-0.3, -0.25) is 4.79 Å². The second kappa shape index (κ2) is 5.30. The Morgan fingerprint density at radius 2 is 2.00 bits per heavy atom. The third-order valence-electron chi connectivity index (χ3n) is 1.74. The highest BCUT2D eigenvalue weighted by Gasteiger charge is 2.12. The topological polar surface area (TPSA) is 37.3 Å². The minimum Gasteiger partial charge on any atom is -0.392 e. The monoisotopic (exact) mass is 158 g/mol. The van der Waals surface area contributed by atoms with Crippen molar-refractivity contribution in [2.45, 2.75) is 46.1 Å². The maximum atomic E-state index is 11.0. The van der Waals surface area contributed by atoms with Gasteiger partial charge in [0.25, 0.3) is 0 Å². The number of carbonyl (C=O) groups is 1. The zero-order valence-electron chi connectivity index (χ0n) is 7.63. The average molecular weight is 158 g/mol. The lowest BCUT2D eigenvalue weighted by Crippen LogP contribution is -2.18. The van der Waals surface area contributed by atoms with Gasteiger partial charge < -0.3 is 5.11 Å². The van der Waals surface area contributed by atoms with Gasteiger partial charge in [-0.25, -0.2) is 0 Å². The predicted octanol–water partition coefficient (Wildman–Crippen LogP) is 1.76. The number of rotatable bonds is 5. The fourth-order valence-corrected chi connectivity index (χ4v) is 0.850. The van der Waals surface area contributed by atoms with E-state index in [9.17, 15) is 9.90 Å². The molecule has 0 rings (SSSR count).